The van der Waals surface area contributed by atoms with Crippen molar-refractivity contribution >= 4 is 21.9 Å². The van der Waals surface area contributed by atoms with Crippen LogP contribution >= 0.6 is 0 Å². The zero-order chi connectivity index (χ0) is 14.8. The smallest absolute Gasteiger partial charge is 0.416 e. The highest BCUT2D eigenvalue weighted by atomic mass is 32.2. The second-order valence-corrected chi connectivity index (χ2v) is 4.99. The van der Waals surface area contributed by atoms with Gasteiger partial charge in [-0.2, -0.15) is 21.6 Å². The number of hydrogen-bond donors (Lipinski definition) is 3. The predicted octanol–water partition coefficient (Wildman–Crippen LogP) is 1.28. The summed E-state index contributed by atoms with van der Waals surface area (Å²) >= 11 is 0. The van der Waals surface area contributed by atoms with Crippen LogP contribution in [-0.2, 0) is 16.4 Å². The maximum Gasteiger partial charge on any atom is 0.416 e. The molecule has 0 unspecified atom stereocenters. The Kier molecular flexibility index (Phi) is 4.06. The molecule has 0 fully saturated rings. The van der Waals surface area contributed by atoms with E-state index in [2.05, 4.69) is 0 Å². The van der Waals surface area contributed by atoms with Crippen molar-refractivity contribution in [3.63, 3.8) is 0 Å². The lowest BCUT2D eigenvalue weighted by Gasteiger charge is -2.13. The van der Waals surface area contributed by atoms with E-state index in [0.717, 1.165) is 7.05 Å². The van der Waals surface area contributed by atoms with Crippen LogP contribution in [-0.4, -0.2) is 26.5 Å². The van der Waals surface area contributed by atoms with Gasteiger partial charge in [0.15, 0.2) is 0 Å². The summed E-state index contributed by atoms with van der Waals surface area (Å²) in [5.41, 5.74) is -2.42. The first kappa shape index (κ1) is 15.2. The average molecular weight is 298 g/mol. The molecule has 0 spiro atoms. The van der Waals surface area contributed by atoms with Crippen LogP contribution in [0.15, 0.2) is 18.2 Å². The molecule has 1 rings (SSSR count). The lowest BCUT2D eigenvalue weighted by Crippen LogP contribution is -2.27. The van der Waals surface area contributed by atoms with Gasteiger partial charge in [-0.25, -0.2) is 9.52 Å². The van der Waals surface area contributed by atoms with E-state index in [-0.39, 0.29) is 0 Å². The first-order valence-electron chi connectivity index (χ1n) is 4.72. The number of aromatic carboxylic acids is 1. The van der Waals surface area contributed by atoms with Crippen molar-refractivity contribution in [3.05, 3.63) is 29.3 Å². The lowest BCUT2D eigenvalue weighted by molar-refractivity contribution is -0.137. The fraction of sp³-hybridized carbons (Fsp3) is 0.222. The first-order valence-corrected chi connectivity index (χ1v) is 6.21. The molecule has 0 radical (unpaired) electrons. The minimum absolute atomic E-state index is 0.415. The summed E-state index contributed by atoms with van der Waals surface area (Å²) in [6.45, 7) is 0. The molecule has 106 valence electrons. The Labute approximate surface area is 106 Å². The molecule has 0 aliphatic carbocycles. The Bertz CT molecular complexity index is 598. The highest BCUT2D eigenvalue weighted by Gasteiger charge is 2.32. The van der Waals surface area contributed by atoms with Gasteiger partial charge >= 0.3 is 12.1 Å². The van der Waals surface area contributed by atoms with Crippen LogP contribution in [0.2, 0.25) is 0 Å². The minimum Gasteiger partial charge on any atom is -0.478 e. The van der Waals surface area contributed by atoms with E-state index < -0.39 is 39.2 Å². The van der Waals surface area contributed by atoms with Crippen molar-refractivity contribution in [1.29, 1.82) is 0 Å². The molecule has 0 bridgehead atoms. The molecule has 0 atom stereocenters. The third kappa shape index (κ3) is 3.83. The van der Waals surface area contributed by atoms with E-state index in [0.29, 0.717) is 18.2 Å². The largest absolute Gasteiger partial charge is 0.478 e. The topological polar surface area (TPSA) is 95.5 Å². The molecule has 0 aliphatic rings. The quantitative estimate of drug-likeness (QED) is 0.780. The zero-order valence-electron chi connectivity index (χ0n) is 9.45. The van der Waals surface area contributed by atoms with E-state index in [1.54, 1.807) is 9.44 Å². The van der Waals surface area contributed by atoms with Crippen LogP contribution in [0.1, 0.15) is 15.9 Å². The van der Waals surface area contributed by atoms with E-state index in [9.17, 15) is 26.4 Å². The van der Waals surface area contributed by atoms with Crippen LogP contribution < -0.4 is 9.44 Å². The van der Waals surface area contributed by atoms with Crippen molar-refractivity contribution in [2.24, 2.45) is 0 Å². The number of carbonyl (C=O) groups is 1. The molecule has 1 aromatic rings. The number of benzene rings is 1. The molecular formula is C9H9F3N2O4S. The monoisotopic (exact) mass is 298 g/mol. The third-order valence-corrected chi connectivity index (χ3v) is 3.12. The van der Waals surface area contributed by atoms with Crippen LogP contribution in [0.25, 0.3) is 0 Å². The number of alkyl halides is 3. The molecule has 0 heterocycles. The second kappa shape index (κ2) is 5.05. The van der Waals surface area contributed by atoms with Gasteiger partial charge in [0.25, 0.3) is 10.2 Å². The average Bonchev–Trinajstić information content (AvgIpc) is 2.27. The van der Waals surface area contributed by atoms with Gasteiger partial charge in [0.05, 0.1) is 16.8 Å². The van der Waals surface area contributed by atoms with Crippen molar-refractivity contribution < 1.29 is 31.5 Å². The number of carboxylic acids is 1. The normalized spacial score (nSPS) is 12.2. The van der Waals surface area contributed by atoms with E-state index in [1.807, 2.05) is 0 Å². The van der Waals surface area contributed by atoms with Crippen molar-refractivity contribution in [1.82, 2.24) is 4.72 Å². The lowest BCUT2D eigenvalue weighted by atomic mass is 10.1. The molecule has 1 aromatic carbocycles. The van der Waals surface area contributed by atoms with Gasteiger partial charge in [0.1, 0.15) is 0 Å². The van der Waals surface area contributed by atoms with Gasteiger partial charge in [-0.3, -0.25) is 4.72 Å². The van der Waals surface area contributed by atoms with Crippen LogP contribution in [0.4, 0.5) is 18.9 Å². The SMILES string of the molecule is CNS(=O)(=O)Nc1cc(C(F)(F)F)ccc1C(=O)O. The van der Waals surface area contributed by atoms with Crippen LogP contribution in [0.5, 0.6) is 0 Å². The number of anilines is 1. The molecular weight excluding hydrogens is 289 g/mol. The minimum atomic E-state index is -4.71. The molecule has 0 aromatic heterocycles. The number of rotatable bonds is 4. The van der Waals surface area contributed by atoms with E-state index in [1.165, 1.54) is 0 Å². The van der Waals surface area contributed by atoms with Gasteiger partial charge in [0.2, 0.25) is 0 Å². The van der Waals surface area contributed by atoms with Gasteiger partial charge in [-0.15, -0.1) is 0 Å². The number of hydrogen-bond acceptors (Lipinski definition) is 3. The molecule has 0 amide bonds. The van der Waals surface area contributed by atoms with Gasteiger partial charge in [0, 0.05) is 7.05 Å². The Hall–Kier alpha value is -1.81. The summed E-state index contributed by atoms with van der Waals surface area (Å²) in [5.74, 6) is -1.55. The summed E-state index contributed by atoms with van der Waals surface area (Å²) in [6, 6.07) is 1.65. The summed E-state index contributed by atoms with van der Waals surface area (Å²) in [7, 11) is -3.10. The van der Waals surface area contributed by atoms with Crippen molar-refractivity contribution in [2.45, 2.75) is 6.18 Å². The zero-order valence-corrected chi connectivity index (χ0v) is 10.3. The van der Waals surface area contributed by atoms with E-state index >= 15 is 0 Å². The van der Waals surface area contributed by atoms with Gasteiger partial charge in [-0.1, -0.05) is 0 Å². The van der Waals surface area contributed by atoms with Crippen molar-refractivity contribution in [3.8, 4) is 0 Å². The summed E-state index contributed by atoms with van der Waals surface area (Å²) in [6.07, 6.45) is -4.71. The Morgan fingerprint density at radius 2 is 1.89 bits per heavy atom. The van der Waals surface area contributed by atoms with Crippen molar-refractivity contribution in [2.75, 3.05) is 11.8 Å². The Morgan fingerprint density at radius 1 is 1.32 bits per heavy atom. The van der Waals surface area contributed by atoms with Crippen LogP contribution in [0, 0.1) is 0 Å². The molecule has 0 saturated carbocycles. The second-order valence-electron chi connectivity index (χ2n) is 3.37. The Morgan fingerprint density at radius 3 is 2.32 bits per heavy atom. The summed E-state index contributed by atoms with van der Waals surface area (Å²) in [4.78, 5) is 10.8. The predicted molar refractivity (Wildman–Crippen MR) is 60.0 cm³/mol. The van der Waals surface area contributed by atoms with Gasteiger partial charge < -0.3 is 5.11 Å². The summed E-state index contributed by atoms with van der Waals surface area (Å²) in [5, 5.41) is 8.79. The molecule has 0 saturated heterocycles. The van der Waals surface area contributed by atoms with Gasteiger partial charge in [-0.05, 0) is 18.2 Å². The fourth-order valence-corrected chi connectivity index (χ4v) is 1.75. The highest BCUT2D eigenvalue weighted by Crippen LogP contribution is 2.32. The molecule has 6 nitrogen and oxygen atoms in total. The summed E-state index contributed by atoms with van der Waals surface area (Å²) < 4.78 is 63.4. The van der Waals surface area contributed by atoms with E-state index in [4.69, 9.17) is 5.11 Å². The Balaban J connectivity index is 3.36. The maximum atomic E-state index is 12.5. The molecule has 19 heavy (non-hydrogen) atoms. The maximum absolute atomic E-state index is 12.5. The highest BCUT2D eigenvalue weighted by molar-refractivity contribution is 7.90. The fourth-order valence-electron chi connectivity index (χ4n) is 1.19. The molecule has 3 N–H and O–H groups in total. The van der Waals surface area contributed by atoms with Crippen LogP contribution in [0.3, 0.4) is 0 Å². The first-order chi connectivity index (χ1) is 8.57. The molecule has 0 aliphatic heterocycles. The number of carboxylic acid groups (broad SMARTS) is 1. The molecule has 10 heteroatoms. The standard InChI is InChI=1S/C9H9F3N2O4S/c1-13-19(17,18)14-7-4-5(9(10,11)12)2-3-6(7)8(15)16/h2-4,13-14H,1H3,(H,15,16). The third-order valence-electron chi connectivity index (χ3n) is 2.09. The number of halogens is 3. The number of nitrogens with one attached hydrogen (secondary N) is 2.